The van der Waals surface area contributed by atoms with Crippen molar-refractivity contribution in [1.29, 1.82) is 0 Å². The molecule has 1 amide bonds. The molecule has 9 nitrogen and oxygen atoms in total. The third-order valence-corrected chi connectivity index (χ3v) is 13.6. The molecule has 7 atom stereocenters. The first kappa shape index (κ1) is 61.7. The summed E-state index contributed by atoms with van der Waals surface area (Å²) in [5.41, 5.74) is 0. The van der Waals surface area contributed by atoms with Gasteiger partial charge in [0.1, 0.15) is 24.4 Å². The molecular formula is C56H107NO8. The van der Waals surface area contributed by atoms with E-state index in [2.05, 4.69) is 43.5 Å². The number of unbranched alkanes of at least 4 members (excludes halogenated alkanes) is 34. The Balaban J connectivity index is 2.20. The summed E-state index contributed by atoms with van der Waals surface area (Å²) < 4.78 is 11.3. The summed E-state index contributed by atoms with van der Waals surface area (Å²) in [5, 5.41) is 54.6. The molecule has 0 aromatic rings. The van der Waals surface area contributed by atoms with Crippen LogP contribution in [0.3, 0.4) is 0 Å². The molecule has 9 heteroatoms. The number of nitrogens with one attached hydrogen (secondary N) is 1. The summed E-state index contributed by atoms with van der Waals surface area (Å²) in [6, 6.07) is -0.725. The predicted molar refractivity (Wildman–Crippen MR) is 272 cm³/mol. The number of aliphatic hydroxyl groups excluding tert-OH is 5. The highest BCUT2D eigenvalue weighted by Gasteiger charge is 2.44. The zero-order valence-corrected chi connectivity index (χ0v) is 42.5. The van der Waals surface area contributed by atoms with Gasteiger partial charge in [0.15, 0.2) is 6.29 Å². The van der Waals surface area contributed by atoms with Gasteiger partial charge in [-0.1, -0.05) is 244 Å². The number of rotatable bonds is 48. The fraction of sp³-hybridized carbons (Fsp3) is 0.911. The van der Waals surface area contributed by atoms with E-state index in [0.29, 0.717) is 12.8 Å². The molecule has 6 N–H and O–H groups in total. The fourth-order valence-corrected chi connectivity index (χ4v) is 9.08. The Kier molecular flexibility index (Phi) is 44.0. The standard InChI is InChI=1S/C56H107NO8/c1-3-5-7-9-11-13-15-17-19-21-22-23-24-25-26-27-28-29-30-31-33-35-37-39-41-43-45-50(59)49(48-64-56-55(63)54(62)53(61)51(47-58)65-56)57-52(60)46-44-42-40-38-36-34-32-20-18-16-14-12-10-8-6-4-2/h14,16,20,32,49-51,53-56,58-59,61-63H,3-13,15,17-19,21-31,33-48H2,1-2H3,(H,57,60)/b16-14-,32-20-. The maximum Gasteiger partial charge on any atom is 0.220 e. The molecule has 65 heavy (non-hydrogen) atoms. The van der Waals surface area contributed by atoms with Crippen LogP contribution < -0.4 is 5.32 Å². The van der Waals surface area contributed by atoms with Crippen molar-refractivity contribution in [3.8, 4) is 0 Å². The van der Waals surface area contributed by atoms with Crippen LogP contribution in [0.25, 0.3) is 0 Å². The van der Waals surface area contributed by atoms with E-state index in [-0.39, 0.29) is 12.5 Å². The molecule has 1 rings (SSSR count). The fourth-order valence-electron chi connectivity index (χ4n) is 9.08. The zero-order valence-electron chi connectivity index (χ0n) is 42.5. The average Bonchev–Trinajstić information content (AvgIpc) is 3.31. The van der Waals surface area contributed by atoms with Gasteiger partial charge in [-0.05, 0) is 44.9 Å². The van der Waals surface area contributed by atoms with Gasteiger partial charge in [0, 0.05) is 6.42 Å². The predicted octanol–water partition coefficient (Wildman–Crippen LogP) is 13.4. The molecule has 0 bridgehead atoms. The number of hydrogen-bond donors (Lipinski definition) is 6. The molecule has 0 aromatic heterocycles. The van der Waals surface area contributed by atoms with Crippen LogP contribution in [-0.4, -0.2) is 87.5 Å². The Bertz CT molecular complexity index is 1070. The van der Waals surface area contributed by atoms with E-state index in [1.807, 2.05) is 0 Å². The summed E-state index contributed by atoms with van der Waals surface area (Å²) in [5.74, 6) is -0.155. The van der Waals surface area contributed by atoms with Gasteiger partial charge < -0.3 is 40.3 Å². The van der Waals surface area contributed by atoms with E-state index in [1.54, 1.807) is 0 Å². The third-order valence-electron chi connectivity index (χ3n) is 13.6. The molecule has 0 spiro atoms. The summed E-state index contributed by atoms with van der Waals surface area (Å²) >= 11 is 0. The van der Waals surface area contributed by atoms with Crippen LogP contribution in [-0.2, 0) is 14.3 Å². The Hall–Kier alpha value is -1.33. The first-order chi connectivity index (χ1) is 31.8. The monoisotopic (exact) mass is 922 g/mol. The lowest BCUT2D eigenvalue weighted by atomic mass is 9.99. The van der Waals surface area contributed by atoms with E-state index >= 15 is 0 Å². The van der Waals surface area contributed by atoms with Crippen LogP contribution in [0.4, 0.5) is 0 Å². The first-order valence-electron chi connectivity index (χ1n) is 28.0. The van der Waals surface area contributed by atoms with Gasteiger partial charge in [-0.2, -0.15) is 0 Å². The normalized spacial score (nSPS) is 20.0. The lowest BCUT2D eigenvalue weighted by Gasteiger charge is -2.40. The number of carbonyl (C=O) groups is 1. The molecule has 1 saturated heterocycles. The molecule has 0 aromatic carbocycles. The minimum Gasteiger partial charge on any atom is -0.394 e. The summed E-state index contributed by atoms with van der Waals surface area (Å²) in [6.45, 7) is 3.84. The van der Waals surface area contributed by atoms with E-state index in [9.17, 15) is 30.3 Å². The second kappa shape index (κ2) is 46.4. The quantitative estimate of drug-likeness (QED) is 0.0261. The van der Waals surface area contributed by atoms with Gasteiger partial charge in [0.25, 0.3) is 0 Å². The van der Waals surface area contributed by atoms with Crippen LogP contribution >= 0.6 is 0 Å². The summed E-state index contributed by atoms with van der Waals surface area (Å²) in [4.78, 5) is 13.0. The molecule has 1 aliphatic rings. The zero-order chi connectivity index (χ0) is 47.3. The molecule has 0 saturated carbocycles. The average molecular weight is 922 g/mol. The largest absolute Gasteiger partial charge is 0.394 e. The third kappa shape index (κ3) is 36.3. The summed E-state index contributed by atoms with van der Waals surface area (Å²) in [6.07, 6.45) is 50.6. The molecule has 0 radical (unpaired) electrons. The van der Waals surface area contributed by atoms with Crippen molar-refractivity contribution in [1.82, 2.24) is 5.32 Å². The van der Waals surface area contributed by atoms with E-state index < -0.39 is 49.5 Å². The number of carbonyl (C=O) groups excluding carboxylic acids is 1. The van der Waals surface area contributed by atoms with Crippen LogP contribution in [0.5, 0.6) is 0 Å². The maximum absolute atomic E-state index is 13.0. The Morgan fingerprint density at radius 3 is 1.34 bits per heavy atom. The van der Waals surface area contributed by atoms with E-state index in [1.165, 1.54) is 180 Å². The van der Waals surface area contributed by atoms with Crippen molar-refractivity contribution < 1.29 is 39.8 Å². The van der Waals surface area contributed by atoms with Gasteiger partial charge in [0.2, 0.25) is 5.91 Å². The van der Waals surface area contributed by atoms with Crippen molar-refractivity contribution >= 4 is 5.91 Å². The Morgan fingerprint density at radius 1 is 0.523 bits per heavy atom. The molecule has 7 unspecified atom stereocenters. The molecule has 1 aliphatic heterocycles. The number of amides is 1. The van der Waals surface area contributed by atoms with Crippen LogP contribution in [0.2, 0.25) is 0 Å². The van der Waals surface area contributed by atoms with Gasteiger partial charge >= 0.3 is 0 Å². The lowest BCUT2D eigenvalue weighted by molar-refractivity contribution is -0.302. The molecule has 384 valence electrons. The minimum absolute atomic E-state index is 0.142. The number of allylic oxidation sites excluding steroid dienone is 4. The summed E-state index contributed by atoms with van der Waals surface area (Å²) in [7, 11) is 0. The second-order valence-electron chi connectivity index (χ2n) is 19.7. The Labute approximate surface area is 400 Å². The molecular weight excluding hydrogens is 815 g/mol. The lowest BCUT2D eigenvalue weighted by Crippen LogP contribution is -2.60. The van der Waals surface area contributed by atoms with Crippen LogP contribution in [0, 0.1) is 0 Å². The van der Waals surface area contributed by atoms with Gasteiger partial charge in [-0.25, -0.2) is 0 Å². The highest BCUT2D eigenvalue weighted by Crippen LogP contribution is 2.23. The molecule has 1 heterocycles. The molecule has 0 aliphatic carbocycles. The van der Waals surface area contributed by atoms with Gasteiger partial charge in [-0.15, -0.1) is 0 Å². The van der Waals surface area contributed by atoms with Crippen molar-refractivity contribution in [2.24, 2.45) is 0 Å². The van der Waals surface area contributed by atoms with Crippen molar-refractivity contribution in [3.05, 3.63) is 24.3 Å². The van der Waals surface area contributed by atoms with Crippen LogP contribution in [0.1, 0.15) is 271 Å². The first-order valence-corrected chi connectivity index (χ1v) is 28.0. The smallest absolute Gasteiger partial charge is 0.220 e. The second-order valence-corrected chi connectivity index (χ2v) is 19.7. The maximum atomic E-state index is 13.0. The highest BCUT2D eigenvalue weighted by atomic mass is 16.7. The van der Waals surface area contributed by atoms with Gasteiger partial charge in [0.05, 0.1) is 25.4 Å². The number of hydrogen-bond acceptors (Lipinski definition) is 8. The van der Waals surface area contributed by atoms with Crippen molar-refractivity contribution in [3.63, 3.8) is 0 Å². The minimum atomic E-state index is -1.56. The van der Waals surface area contributed by atoms with Gasteiger partial charge in [-0.3, -0.25) is 4.79 Å². The highest BCUT2D eigenvalue weighted by molar-refractivity contribution is 5.76. The topological polar surface area (TPSA) is 149 Å². The van der Waals surface area contributed by atoms with Crippen LogP contribution in [0.15, 0.2) is 24.3 Å². The number of aliphatic hydroxyl groups is 5. The SMILES string of the molecule is CCCCCC/C=C\C/C=C\CCCCCCCC(=O)NC(COC1OC(CO)C(O)C(O)C1O)C(O)CCCCCCCCCCCCCCCCCCCCCCCCCCCC. The van der Waals surface area contributed by atoms with E-state index in [0.717, 1.165) is 64.2 Å². The van der Waals surface area contributed by atoms with Crippen molar-refractivity contribution in [2.75, 3.05) is 13.2 Å². The molecule has 1 fully saturated rings. The van der Waals surface area contributed by atoms with Crippen molar-refractivity contribution in [2.45, 2.75) is 314 Å². The number of ether oxygens (including phenoxy) is 2. The Morgan fingerprint density at radius 2 is 0.908 bits per heavy atom. The van der Waals surface area contributed by atoms with E-state index in [4.69, 9.17) is 9.47 Å².